The first kappa shape index (κ1) is 35.7. The Labute approximate surface area is 359 Å². The minimum Gasteiger partial charge on any atom is -0.456 e. The normalized spacial score (nSPS) is 12.6. The molecular weight excluding hydrogens is 755 g/mol. The van der Waals surface area contributed by atoms with Crippen molar-refractivity contribution in [3.63, 3.8) is 0 Å². The summed E-state index contributed by atoms with van der Waals surface area (Å²) < 4.78 is 6.52. The molecule has 0 saturated heterocycles. The van der Waals surface area contributed by atoms with Gasteiger partial charge >= 0.3 is 0 Å². The van der Waals surface area contributed by atoms with Crippen LogP contribution in [-0.4, -0.2) is 15.0 Å². The second kappa shape index (κ2) is 14.5. The number of aromatic nitrogens is 3. The highest BCUT2D eigenvalue weighted by atomic mass is 16.3. The van der Waals surface area contributed by atoms with Crippen LogP contribution in [0.3, 0.4) is 0 Å². The maximum Gasteiger partial charge on any atom is 0.164 e. The van der Waals surface area contributed by atoms with Crippen LogP contribution in [-0.2, 0) is 5.41 Å². The maximum atomic E-state index is 6.52. The molecule has 0 fully saturated rings. The zero-order valence-electron chi connectivity index (χ0n) is 33.6. The summed E-state index contributed by atoms with van der Waals surface area (Å²) >= 11 is 0. The fourth-order valence-corrected chi connectivity index (χ4v) is 9.62. The van der Waals surface area contributed by atoms with E-state index in [4.69, 9.17) is 19.4 Å². The van der Waals surface area contributed by atoms with Crippen LogP contribution in [0.2, 0.25) is 0 Å². The predicted octanol–water partition coefficient (Wildman–Crippen LogP) is 14.5. The van der Waals surface area contributed by atoms with Crippen LogP contribution in [0.1, 0.15) is 22.3 Å². The summed E-state index contributed by atoms with van der Waals surface area (Å²) in [6.07, 6.45) is 0. The molecule has 4 heteroatoms. The number of fused-ring (bicyclic) bond motifs is 6. The van der Waals surface area contributed by atoms with Gasteiger partial charge in [0.2, 0.25) is 0 Å². The Hall–Kier alpha value is -8.21. The molecule has 0 N–H and O–H groups in total. The Balaban J connectivity index is 0.992. The zero-order valence-corrected chi connectivity index (χ0v) is 33.6. The summed E-state index contributed by atoms with van der Waals surface area (Å²) in [5, 5.41) is 1.98. The van der Waals surface area contributed by atoms with Gasteiger partial charge in [-0.05, 0) is 86.0 Å². The fraction of sp³-hybridized carbons (Fsp3) is 0.0172. The van der Waals surface area contributed by atoms with E-state index >= 15 is 0 Å². The molecule has 9 aromatic carbocycles. The molecule has 2 heterocycles. The Kier molecular flexibility index (Phi) is 8.36. The highest BCUT2D eigenvalue weighted by molar-refractivity contribution is 6.13. The van der Waals surface area contributed by atoms with Crippen LogP contribution in [0, 0.1) is 0 Å². The van der Waals surface area contributed by atoms with Crippen molar-refractivity contribution >= 4 is 21.9 Å². The van der Waals surface area contributed by atoms with E-state index in [9.17, 15) is 0 Å². The third kappa shape index (κ3) is 5.72. The topological polar surface area (TPSA) is 51.8 Å². The molecule has 62 heavy (non-hydrogen) atoms. The Bertz CT molecular complexity index is 3350. The number of benzene rings is 9. The van der Waals surface area contributed by atoms with E-state index in [-0.39, 0.29) is 0 Å². The number of hydrogen-bond acceptors (Lipinski definition) is 4. The molecule has 0 atom stereocenters. The van der Waals surface area contributed by atoms with Gasteiger partial charge < -0.3 is 4.42 Å². The molecular formula is C58H37N3O. The lowest BCUT2D eigenvalue weighted by Gasteiger charge is -2.34. The van der Waals surface area contributed by atoms with E-state index in [0.717, 1.165) is 55.3 Å². The molecule has 0 unspecified atom stereocenters. The molecule has 0 radical (unpaired) electrons. The summed E-state index contributed by atoms with van der Waals surface area (Å²) in [4.78, 5) is 15.1. The summed E-state index contributed by atoms with van der Waals surface area (Å²) in [6.45, 7) is 0. The minimum absolute atomic E-state index is 0.463. The van der Waals surface area contributed by atoms with E-state index in [1.54, 1.807) is 0 Å². The van der Waals surface area contributed by atoms with E-state index in [0.29, 0.717) is 17.5 Å². The van der Waals surface area contributed by atoms with E-state index in [2.05, 4.69) is 152 Å². The van der Waals surface area contributed by atoms with Crippen LogP contribution in [0.5, 0.6) is 0 Å². The zero-order chi connectivity index (χ0) is 41.0. The van der Waals surface area contributed by atoms with E-state index in [1.807, 2.05) is 72.8 Å². The van der Waals surface area contributed by atoms with Crippen molar-refractivity contribution in [2.24, 2.45) is 0 Å². The molecule has 1 aliphatic carbocycles. The second-order valence-corrected chi connectivity index (χ2v) is 15.9. The number of nitrogens with zero attached hydrogens (tertiary/aromatic N) is 3. The van der Waals surface area contributed by atoms with Crippen LogP contribution in [0.15, 0.2) is 229 Å². The summed E-state index contributed by atoms with van der Waals surface area (Å²) in [6, 6.07) is 79.5. The number of hydrogen-bond donors (Lipinski definition) is 0. The third-order valence-electron chi connectivity index (χ3n) is 12.4. The van der Waals surface area contributed by atoms with Crippen molar-refractivity contribution in [2.75, 3.05) is 0 Å². The average Bonchev–Trinajstić information content (AvgIpc) is 3.88. The molecule has 11 aromatic rings. The van der Waals surface area contributed by atoms with E-state index in [1.165, 1.54) is 38.9 Å². The molecule has 0 aliphatic heterocycles. The Morgan fingerprint density at radius 3 is 1.45 bits per heavy atom. The first-order valence-corrected chi connectivity index (χ1v) is 21.0. The molecule has 2 aromatic heterocycles. The van der Waals surface area contributed by atoms with Gasteiger partial charge in [0, 0.05) is 27.5 Å². The second-order valence-electron chi connectivity index (χ2n) is 15.9. The lowest BCUT2D eigenvalue weighted by Crippen LogP contribution is -2.28. The molecule has 0 saturated carbocycles. The van der Waals surface area contributed by atoms with Crippen molar-refractivity contribution in [1.82, 2.24) is 15.0 Å². The molecule has 0 amide bonds. The lowest BCUT2D eigenvalue weighted by atomic mass is 9.67. The van der Waals surface area contributed by atoms with Crippen LogP contribution >= 0.6 is 0 Å². The van der Waals surface area contributed by atoms with Crippen molar-refractivity contribution in [1.29, 1.82) is 0 Å². The van der Waals surface area contributed by atoms with Gasteiger partial charge in [-0.3, -0.25) is 0 Å². The van der Waals surface area contributed by atoms with Gasteiger partial charge in [-0.15, -0.1) is 0 Å². The summed E-state index contributed by atoms with van der Waals surface area (Å²) in [5.74, 6) is 1.84. The van der Waals surface area contributed by atoms with Gasteiger partial charge in [0.15, 0.2) is 17.5 Å². The predicted molar refractivity (Wildman–Crippen MR) is 252 cm³/mol. The van der Waals surface area contributed by atoms with Gasteiger partial charge in [-0.1, -0.05) is 194 Å². The summed E-state index contributed by atoms with van der Waals surface area (Å²) in [5.41, 5.74) is 16.1. The smallest absolute Gasteiger partial charge is 0.164 e. The van der Waals surface area contributed by atoms with E-state index < -0.39 is 5.41 Å². The van der Waals surface area contributed by atoms with Gasteiger partial charge in [0.05, 0.1) is 5.41 Å². The highest BCUT2D eigenvalue weighted by Gasteiger charge is 2.46. The first-order valence-electron chi connectivity index (χ1n) is 21.0. The van der Waals surface area contributed by atoms with Gasteiger partial charge in [0.1, 0.15) is 11.2 Å². The van der Waals surface area contributed by atoms with Crippen LogP contribution < -0.4 is 0 Å². The standard InChI is InChI=1S/C58H37N3O/c1-5-17-38(18-6-1)55-59-56(39-19-7-2-8-20-39)61-57(60-55)48-28-16-30-53-54(48)49-36-42(32-34-52(49)62-53)40-21-15-22-41(35-40)43-31-33-47-46-27-13-14-29-50(46)58(51(47)37-43,44-23-9-3-10-24-44)45-25-11-4-12-26-45/h1-37H. The van der Waals surface area contributed by atoms with Crippen LogP contribution in [0.4, 0.5) is 0 Å². The molecule has 0 bridgehead atoms. The van der Waals surface area contributed by atoms with Crippen LogP contribution in [0.25, 0.3) is 89.5 Å². The SMILES string of the molecule is c1ccc(-c2nc(-c3ccccc3)nc(-c3cccc4oc5ccc(-c6cccc(-c7ccc8c(c7)C(c7ccccc7)(c7ccccc7)c7ccccc7-8)c6)cc5c34)n2)cc1. The van der Waals surface area contributed by atoms with Crippen molar-refractivity contribution in [3.05, 3.63) is 247 Å². The largest absolute Gasteiger partial charge is 0.456 e. The van der Waals surface area contributed by atoms with Gasteiger partial charge in [0.25, 0.3) is 0 Å². The molecule has 4 nitrogen and oxygen atoms in total. The molecule has 12 rings (SSSR count). The van der Waals surface area contributed by atoms with Gasteiger partial charge in [-0.2, -0.15) is 0 Å². The summed E-state index contributed by atoms with van der Waals surface area (Å²) in [7, 11) is 0. The quantitative estimate of drug-likeness (QED) is 0.161. The molecule has 0 spiro atoms. The molecule has 1 aliphatic rings. The maximum absolute atomic E-state index is 6.52. The fourth-order valence-electron chi connectivity index (χ4n) is 9.62. The van der Waals surface area contributed by atoms with Crippen molar-refractivity contribution in [2.45, 2.75) is 5.41 Å². The number of rotatable bonds is 7. The first-order chi connectivity index (χ1) is 30.7. The Morgan fingerprint density at radius 1 is 0.306 bits per heavy atom. The monoisotopic (exact) mass is 791 g/mol. The minimum atomic E-state index is -0.463. The van der Waals surface area contributed by atoms with Crippen molar-refractivity contribution < 1.29 is 4.42 Å². The van der Waals surface area contributed by atoms with Crippen molar-refractivity contribution in [3.8, 4) is 67.5 Å². The third-order valence-corrected chi connectivity index (χ3v) is 12.4. The van der Waals surface area contributed by atoms with Gasteiger partial charge in [-0.25, -0.2) is 15.0 Å². The number of furan rings is 1. The highest BCUT2D eigenvalue weighted by Crippen LogP contribution is 2.56. The average molecular weight is 792 g/mol. The molecule has 290 valence electrons. The lowest BCUT2D eigenvalue weighted by molar-refractivity contribution is 0.669. The Morgan fingerprint density at radius 2 is 0.790 bits per heavy atom.